The molecule has 1 aliphatic rings. The van der Waals surface area contributed by atoms with Crippen molar-refractivity contribution in [2.75, 3.05) is 5.32 Å². The SMILES string of the molecule is Cc1ccc(NC2(C(=O)O)CCc3ccc(C)cc32)cc1. The summed E-state index contributed by atoms with van der Waals surface area (Å²) in [6.07, 6.45) is 1.37. The van der Waals surface area contributed by atoms with E-state index in [4.69, 9.17) is 0 Å². The van der Waals surface area contributed by atoms with Gasteiger partial charge in [0, 0.05) is 5.69 Å². The molecule has 0 fully saturated rings. The zero-order chi connectivity index (χ0) is 15.0. The Kier molecular flexibility index (Phi) is 3.20. The Bertz CT molecular complexity index is 691. The number of aliphatic carboxylic acids is 1. The minimum Gasteiger partial charge on any atom is -0.479 e. The fourth-order valence-corrected chi connectivity index (χ4v) is 3.05. The molecular weight excluding hydrogens is 262 g/mol. The maximum absolute atomic E-state index is 12.0. The van der Waals surface area contributed by atoms with Gasteiger partial charge in [0.2, 0.25) is 0 Å². The summed E-state index contributed by atoms with van der Waals surface area (Å²) >= 11 is 0. The van der Waals surface area contributed by atoms with Crippen LogP contribution in [0.3, 0.4) is 0 Å². The van der Waals surface area contributed by atoms with Gasteiger partial charge in [-0.3, -0.25) is 0 Å². The fourth-order valence-electron chi connectivity index (χ4n) is 3.05. The van der Waals surface area contributed by atoms with Gasteiger partial charge in [0.05, 0.1) is 0 Å². The predicted molar refractivity (Wildman–Crippen MR) is 83.6 cm³/mol. The third kappa shape index (κ3) is 2.29. The zero-order valence-electron chi connectivity index (χ0n) is 12.3. The van der Waals surface area contributed by atoms with Gasteiger partial charge in [0.25, 0.3) is 0 Å². The first kappa shape index (κ1) is 13.7. The van der Waals surface area contributed by atoms with Gasteiger partial charge in [0.1, 0.15) is 0 Å². The van der Waals surface area contributed by atoms with Gasteiger partial charge in [-0.2, -0.15) is 0 Å². The maximum atomic E-state index is 12.0. The van der Waals surface area contributed by atoms with E-state index in [1.807, 2.05) is 56.3 Å². The smallest absolute Gasteiger partial charge is 0.334 e. The highest BCUT2D eigenvalue weighted by Gasteiger charge is 2.45. The summed E-state index contributed by atoms with van der Waals surface area (Å²) in [5, 5.41) is 13.1. The molecule has 0 heterocycles. The van der Waals surface area contributed by atoms with Crippen molar-refractivity contribution in [1.82, 2.24) is 0 Å². The highest BCUT2D eigenvalue weighted by atomic mass is 16.4. The minimum absolute atomic E-state index is 0.578. The Balaban J connectivity index is 2.05. The molecule has 1 unspecified atom stereocenters. The van der Waals surface area contributed by atoms with E-state index in [0.717, 1.165) is 34.4 Å². The van der Waals surface area contributed by atoms with Crippen LogP contribution in [0.15, 0.2) is 42.5 Å². The van der Waals surface area contributed by atoms with Crippen molar-refractivity contribution in [2.45, 2.75) is 32.2 Å². The molecule has 0 aliphatic heterocycles. The van der Waals surface area contributed by atoms with Crippen LogP contribution < -0.4 is 5.32 Å². The molecule has 108 valence electrons. The molecule has 1 aliphatic carbocycles. The number of hydrogen-bond acceptors (Lipinski definition) is 2. The highest BCUT2D eigenvalue weighted by molar-refractivity contribution is 5.86. The fraction of sp³-hybridized carbons (Fsp3) is 0.278. The van der Waals surface area contributed by atoms with E-state index < -0.39 is 11.5 Å². The molecule has 3 nitrogen and oxygen atoms in total. The van der Waals surface area contributed by atoms with Gasteiger partial charge in [-0.1, -0.05) is 41.5 Å². The minimum atomic E-state index is -1.02. The zero-order valence-corrected chi connectivity index (χ0v) is 12.3. The average Bonchev–Trinajstić information content (AvgIpc) is 2.81. The van der Waals surface area contributed by atoms with Crippen molar-refractivity contribution in [3.05, 3.63) is 64.7 Å². The van der Waals surface area contributed by atoms with E-state index in [-0.39, 0.29) is 0 Å². The lowest BCUT2D eigenvalue weighted by Crippen LogP contribution is -2.41. The van der Waals surface area contributed by atoms with Crippen LogP contribution in [-0.4, -0.2) is 11.1 Å². The molecule has 1 atom stereocenters. The third-order valence-corrected chi connectivity index (χ3v) is 4.27. The summed E-state index contributed by atoms with van der Waals surface area (Å²) in [4.78, 5) is 12.0. The first-order chi connectivity index (χ1) is 10.0. The number of carbonyl (C=O) groups is 1. The van der Waals surface area contributed by atoms with Crippen molar-refractivity contribution < 1.29 is 9.90 Å². The topological polar surface area (TPSA) is 49.3 Å². The number of hydrogen-bond donors (Lipinski definition) is 2. The Morgan fingerprint density at radius 3 is 2.43 bits per heavy atom. The van der Waals surface area contributed by atoms with Crippen LogP contribution in [0.25, 0.3) is 0 Å². The maximum Gasteiger partial charge on any atom is 0.334 e. The lowest BCUT2D eigenvalue weighted by Gasteiger charge is -2.28. The molecule has 2 N–H and O–H groups in total. The lowest BCUT2D eigenvalue weighted by atomic mass is 9.90. The summed E-state index contributed by atoms with van der Waals surface area (Å²) in [6, 6.07) is 13.9. The van der Waals surface area contributed by atoms with Crippen LogP contribution in [-0.2, 0) is 16.8 Å². The molecule has 0 radical (unpaired) electrons. The van der Waals surface area contributed by atoms with E-state index in [0.29, 0.717) is 6.42 Å². The molecule has 3 heteroatoms. The summed E-state index contributed by atoms with van der Waals surface area (Å²) < 4.78 is 0. The molecule has 0 saturated heterocycles. The number of anilines is 1. The number of carboxylic acids is 1. The summed E-state index contributed by atoms with van der Waals surface area (Å²) in [6.45, 7) is 4.02. The second-order valence-electron chi connectivity index (χ2n) is 5.86. The van der Waals surface area contributed by atoms with Gasteiger partial charge in [-0.25, -0.2) is 4.79 Å². The quantitative estimate of drug-likeness (QED) is 0.903. The highest BCUT2D eigenvalue weighted by Crippen LogP contribution is 2.40. The number of carboxylic acid groups (broad SMARTS) is 1. The van der Waals surface area contributed by atoms with Gasteiger partial charge in [0.15, 0.2) is 5.54 Å². The van der Waals surface area contributed by atoms with E-state index in [2.05, 4.69) is 5.32 Å². The normalized spacial score (nSPS) is 20.1. The standard InChI is InChI=1S/C18H19NO2/c1-12-4-7-15(8-5-12)19-18(17(20)21)10-9-14-6-3-13(2)11-16(14)18/h3-8,11,19H,9-10H2,1-2H3,(H,20,21). The number of fused-ring (bicyclic) bond motifs is 1. The van der Waals surface area contributed by atoms with Crippen LogP contribution in [0.4, 0.5) is 5.69 Å². The summed E-state index contributed by atoms with van der Waals surface area (Å²) in [7, 11) is 0. The van der Waals surface area contributed by atoms with Gasteiger partial charge in [-0.15, -0.1) is 0 Å². The number of aryl methyl sites for hydroxylation is 3. The van der Waals surface area contributed by atoms with E-state index in [1.165, 1.54) is 0 Å². The van der Waals surface area contributed by atoms with E-state index >= 15 is 0 Å². The Morgan fingerprint density at radius 2 is 1.76 bits per heavy atom. The molecular formula is C18H19NO2. The van der Waals surface area contributed by atoms with Crippen LogP contribution in [0.2, 0.25) is 0 Å². The second-order valence-corrected chi connectivity index (χ2v) is 5.86. The summed E-state index contributed by atoms with van der Waals surface area (Å²) in [5.74, 6) is -0.813. The Hall–Kier alpha value is -2.29. The molecule has 2 aromatic carbocycles. The van der Waals surface area contributed by atoms with Crippen LogP contribution in [0.5, 0.6) is 0 Å². The van der Waals surface area contributed by atoms with Gasteiger partial charge >= 0.3 is 5.97 Å². The molecule has 2 aromatic rings. The van der Waals surface area contributed by atoms with Crippen molar-refractivity contribution in [3.8, 4) is 0 Å². The molecule has 21 heavy (non-hydrogen) atoms. The number of nitrogens with one attached hydrogen (secondary N) is 1. The predicted octanol–water partition coefficient (Wildman–Crippen LogP) is 3.64. The molecule has 0 saturated carbocycles. The van der Waals surface area contributed by atoms with Crippen LogP contribution >= 0.6 is 0 Å². The van der Waals surface area contributed by atoms with E-state index in [9.17, 15) is 9.90 Å². The molecule has 0 spiro atoms. The van der Waals surface area contributed by atoms with Crippen LogP contribution in [0.1, 0.15) is 28.7 Å². The molecule has 0 bridgehead atoms. The Labute approximate surface area is 124 Å². The first-order valence-electron chi connectivity index (χ1n) is 7.19. The van der Waals surface area contributed by atoms with Crippen molar-refractivity contribution in [3.63, 3.8) is 0 Å². The van der Waals surface area contributed by atoms with E-state index in [1.54, 1.807) is 0 Å². The van der Waals surface area contributed by atoms with Crippen molar-refractivity contribution >= 4 is 11.7 Å². The van der Waals surface area contributed by atoms with Crippen molar-refractivity contribution in [1.29, 1.82) is 0 Å². The monoisotopic (exact) mass is 281 g/mol. The summed E-state index contributed by atoms with van der Waals surface area (Å²) in [5.41, 5.74) is 4.10. The molecule has 0 aromatic heterocycles. The van der Waals surface area contributed by atoms with Gasteiger partial charge in [-0.05, 0) is 49.9 Å². The molecule has 3 rings (SSSR count). The Morgan fingerprint density at radius 1 is 1.10 bits per heavy atom. The lowest BCUT2D eigenvalue weighted by molar-refractivity contribution is -0.142. The largest absolute Gasteiger partial charge is 0.479 e. The second kappa shape index (κ2) is 4.92. The molecule has 0 amide bonds. The number of benzene rings is 2. The van der Waals surface area contributed by atoms with Gasteiger partial charge < -0.3 is 10.4 Å². The third-order valence-electron chi connectivity index (χ3n) is 4.27. The average molecular weight is 281 g/mol. The number of rotatable bonds is 3. The first-order valence-corrected chi connectivity index (χ1v) is 7.19. The van der Waals surface area contributed by atoms with Crippen molar-refractivity contribution in [2.24, 2.45) is 0 Å². The van der Waals surface area contributed by atoms with Crippen LogP contribution in [0, 0.1) is 13.8 Å².